The van der Waals surface area contributed by atoms with Gasteiger partial charge in [0.15, 0.2) is 5.82 Å². The van der Waals surface area contributed by atoms with Crippen molar-refractivity contribution >= 4 is 22.1 Å². The van der Waals surface area contributed by atoms with Crippen molar-refractivity contribution in [2.75, 3.05) is 26.2 Å². The van der Waals surface area contributed by atoms with Gasteiger partial charge in [-0.2, -0.15) is 5.10 Å². The van der Waals surface area contributed by atoms with Gasteiger partial charge >= 0.3 is 0 Å². The second-order valence-corrected chi connectivity index (χ2v) is 6.64. The lowest BCUT2D eigenvalue weighted by Crippen LogP contribution is -2.48. The van der Waals surface area contributed by atoms with Crippen LogP contribution < -0.4 is 0 Å². The largest absolute Gasteiger partial charge is 0.336 e. The number of rotatable bonds is 3. The predicted molar refractivity (Wildman–Crippen MR) is 87.6 cm³/mol. The molecule has 120 valence electrons. The van der Waals surface area contributed by atoms with Crippen molar-refractivity contribution in [2.24, 2.45) is 0 Å². The quantitative estimate of drug-likeness (QED) is 0.788. The zero-order valence-corrected chi connectivity index (χ0v) is 13.7. The molecule has 0 unspecified atom stereocenters. The Hall–Kier alpha value is -2.19. The molecule has 1 N–H and O–H groups in total. The van der Waals surface area contributed by atoms with Crippen molar-refractivity contribution in [3.05, 3.63) is 41.1 Å². The summed E-state index contributed by atoms with van der Waals surface area (Å²) in [5, 5.41) is 9.04. The fraction of sp³-hybridized carbons (Fsp3) is 0.400. The van der Waals surface area contributed by atoms with Gasteiger partial charge in [-0.3, -0.25) is 14.8 Å². The third-order valence-electron chi connectivity index (χ3n) is 4.17. The molecule has 8 heteroatoms. The summed E-state index contributed by atoms with van der Waals surface area (Å²) >= 11 is 1.60. The molecular weight excluding hydrogens is 312 g/mol. The molecule has 0 saturated carbocycles. The molecule has 0 aliphatic carbocycles. The molecule has 0 radical (unpaired) electrons. The highest BCUT2D eigenvalue weighted by atomic mass is 32.1. The molecule has 7 nitrogen and oxygen atoms in total. The smallest absolute Gasteiger partial charge is 0.256 e. The summed E-state index contributed by atoms with van der Waals surface area (Å²) in [6.07, 6.45) is 3.93. The van der Waals surface area contributed by atoms with Crippen molar-refractivity contribution in [2.45, 2.75) is 13.5 Å². The Morgan fingerprint density at radius 3 is 2.87 bits per heavy atom. The van der Waals surface area contributed by atoms with E-state index < -0.39 is 0 Å². The summed E-state index contributed by atoms with van der Waals surface area (Å²) in [7, 11) is 0. The van der Waals surface area contributed by atoms with E-state index in [1.807, 2.05) is 40.1 Å². The van der Waals surface area contributed by atoms with Gasteiger partial charge in [-0.05, 0) is 13.0 Å². The minimum absolute atomic E-state index is 0.128. The molecule has 1 aliphatic rings. The highest BCUT2D eigenvalue weighted by molar-refractivity contribution is 7.16. The van der Waals surface area contributed by atoms with Crippen molar-refractivity contribution in [1.82, 2.24) is 29.4 Å². The van der Waals surface area contributed by atoms with E-state index in [0.29, 0.717) is 0 Å². The van der Waals surface area contributed by atoms with Crippen LogP contribution in [0.5, 0.6) is 0 Å². The maximum atomic E-state index is 12.7. The third kappa shape index (κ3) is 2.75. The summed E-state index contributed by atoms with van der Waals surface area (Å²) in [6.45, 7) is 5.81. The number of carbonyl (C=O) groups excluding carboxylic acids is 1. The number of hydrogen-bond acceptors (Lipinski definition) is 5. The van der Waals surface area contributed by atoms with Crippen LogP contribution in [-0.2, 0) is 6.54 Å². The summed E-state index contributed by atoms with van der Waals surface area (Å²) in [5.41, 5.74) is 0.804. The topological polar surface area (TPSA) is 69.5 Å². The second kappa shape index (κ2) is 5.78. The van der Waals surface area contributed by atoms with Gasteiger partial charge in [-0.25, -0.2) is 4.98 Å². The molecule has 1 amide bonds. The van der Waals surface area contributed by atoms with Crippen LogP contribution in [0.1, 0.15) is 22.0 Å². The summed E-state index contributed by atoms with van der Waals surface area (Å²) < 4.78 is 2.00. The van der Waals surface area contributed by atoms with Gasteiger partial charge in [0.25, 0.3) is 5.91 Å². The number of H-pyrrole nitrogens is 1. The number of nitrogens with one attached hydrogen (secondary N) is 1. The van der Waals surface area contributed by atoms with Gasteiger partial charge in [0.2, 0.25) is 0 Å². The number of aryl methyl sites for hydroxylation is 1. The van der Waals surface area contributed by atoms with Crippen LogP contribution in [0.3, 0.4) is 0 Å². The molecule has 0 spiro atoms. The Labute approximate surface area is 137 Å². The number of amides is 1. The van der Waals surface area contributed by atoms with Gasteiger partial charge < -0.3 is 9.30 Å². The van der Waals surface area contributed by atoms with E-state index in [9.17, 15) is 4.79 Å². The monoisotopic (exact) mass is 330 g/mol. The van der Waals surface area contributed by atoms with Crippen molar-refractivity contribution in [3.63, 3.8) is 0 Å². The Bertz CT molecular complexity index is 826. The number of aromatic amines is 1. The zero-order chi connectivity index (χ0) is 15.8. The molecule has 4 heterocycles. The Morgan fingerprint density at radius 2 is 2.13 bits per heavy atom. The lowest BCUT2D eigenvalue weighted by Gasteiger charge is -2.34. The van der Waals surface area contributed by atoms with Gasteiger partial charge in [0.1, 0.15) is 10.7 Å². The number of aromatic nitrogens is 4. The number of nitrogens with zero attached hydrogens (tertiary/aromatic N) is 5. The van der Waals surface area contributed by atoms with E-state index in [4.69, 9.17) is 0 Å². The fourth-order valence-electron chi connectivity index (χ4n) is 2.94. The van der Waals surface area contributed by atoms with Crippen LogP contribution in [0.25, 0.3) is 4.83 Å². The first-order valence-corrected chi connectivity index (χ1v) is 8.52. The molecule has 3 aromatic rings. The fourth-order valence-corrected chi connectivity index (χ4v) is 3.78. The van der Waals surface area contributed by atoms with Gasteiger partial charge in [-0.15, -0.1) is 11.3 Å². The molecule has 0 aromatic carbocycles. The van der Waals surface area contributed by atoms with Gasteiger partial charge in [-0.1, -0.05) is 0 Å². The van der Waals surface area contributed by atoms with E-state index in [-0.39, 0.29) is 5.91 Å². The molecule has 1 saturated heterocycles. The predicted octanol–water partition coefficient (Wildman–Crippen LogP) is 1.39. The van der Waals surface area contributed by atoms with Gasteiger partial charge in [0.05, 0.1) is 12.1 Å². The van der Waals surface area contributed by atoms with E-state index in [1.54, 1.807) is 11.3 Å². The molecule has 0 atom stereocenters. The molecule has 4 rings (SSSR count). The Balaban J connectivity index is 1.39. The highest BCUT2D eigenvalue weighted by Crippen LogP contribution is 2.21. The number of hydrogen-bond donors (Lipinski definition) is 1. The van der Waals surface area contributed by atoms with E-state index in [2.05, 4.69) is 20.1 Å². The molecular formula is C15H18N6OS. The molecule has 1 aliphatic heterocycles. The van der Waals surface area contributed by atoms with Crippen LogP contribution in [-0.4, -0.2) is 61.5 Å². The van der Waals surface area contributed by atoms with Gasteiger partial charge in [0, 0.05) is 44.0 Å². The van der Waals surface area contributed by atoms with E-state index >= 15 is 0 Å². The zero-order valence-electron chi connectivity index (χ0n) is 12.9. The summed E-state index contributed by atoms with van der Waals surface area (Å²) in [5.74, 6) is 1.78. The average molecular weight is 330 g/mol. The minimum Gasteiger partial charge on any atom is -0.336 e. The van der Waals surface area contributed by atoms with Crippen LogP contribution in [0.4, 0.5) is 0 Å². The highest BCUT2D eigenvalue weighted by Gasteiger charge is 2.24. The van der Waals surface area contributed by atoms with Crippen LogP contribution in [0.2, 0.25) is 0 Å². The second-order valence-electron chi connectivity index (χ2n) is 5.75. The lowest BCUT2D eigenvalue weighted by atomic mass is 10.2. The standard InChI is InChI=1S/C15H18N6OS/c1-11-16-13(18-17-11)10-19-4-6-20(7-5-19)14(22)12-2-3-21-8-9-23-15(12)21/h2-3,8-9H,4-7,10H2,1H3,(H,16,17,18). The molecule has 0 bridgehead atoms. The van der Waals surface area contributed by atoms with Crippen molar-refractivity contribution in [1.29, 1.82) is 0 Å². The number of piperazine rings is 1. The van der Waals surface area contributed by atoms with Crippen LogP contribution in [0, 0.1) is 6.92 Å². The Morgan fingerprint density at radius 1 is 1.30 bits per heavy atom. The first kappa shape index (κ1) is 14.4. The summed E-state index contributed by atoms with van der Waals surface area (Å²) in [4.78, 5) is 22.3. The lowest BCUT2D eigenvalue weighted by molar-refractivity contribution is 0.0628. The van der Waals surface area contributed by atoms with Crippen molar-refractivity contribution < 1.29 is 4.79 Å². The number of fused-ring (bicyclic) bond motifs is 1. The minimum atomic E-state index is 0.128. The van der Waals surface area contributed by atoms with E-state index in [1.165, 1.54) is 0 Å². The van der Waals surface area contributed by atoms with Crippen molar-refractivity contribution in [3.8, 4) is 0 Å². The van der Waals surface area contributed by atoms with E-state index in [0.717, 1.165) is 54.8 Å². The van der Waals surface area contributed by atoms with Crippen LogP contribution in [0.15, 0.2) is 23.8 Å². The third-order valence-corrected chi connectivity index (χ3v) is 5.08. The first-order valence-electron chi connectivity index (χ1n) is 7.64. The SMILES string of the molecule is Cc1nc(CN2CCN(C(=O)c3ccn4ccsc34)CC2)n[nH]1. The summed E-state index contributed by atoms with van der Waals surface area (Å²) in [6, 6.07) is 1.91. The molecule has 1 fully saturated rings. The number of carbonyl (C=O) groups is 1. The average Bonchev–Trinajstić information content (AvgIpc) is 3.24. The molecule has 3 aromatic heterocycles. The van der Waals surface area contributed by atoms with Crippen LogP contribution >= 0.6 is 11.3 Å². The number of thiazole rings is 1. The normalized spacial score (nSPS) is 16.3. The first-order chi connectivity index (χ1) is 11.2. The molecule has 23 heavy (non-hydrogen) atoms. The maximum absolute atomic E-state index is 12.7. The Kier molecular flexibility index (Phi) is 3.62. The maximum Gasteiger partial charge on any atom is 0.256 e.